The molecule has 0 aliphatic heterocycles. The summed E-state index contributed by atoms with van der Waals surface area (Å²) in [6, 6.07) is 0. The van der Waals surface area contributed by atoms with E-state index >= 15 is 0 Å². The summed E-state index contributed by atoms with van der Waals surface area (Å²) in [6.45, 7) is 5.93. The lowest BCUT2D eigenvalue weighted by molar-refractivity contribution is -0.0819. The summed E-state index contributed by atoms with van der Waals surface area (Å²) in [4.78, 5) is 0. The topological polar surface area (TPSA) is 9.23 Å². The second-order valence-electron chi connectivity index (χ2n) is 3.72. The van der Waals surface area contributed by atoms with Crippen molar-refractivity contribution in [1.29, 1.82) is 0 Å². The second kappa shape index (κ2) is 3.83. The molecule has 0 aromatic carbocycles. The van der Waals surface area contributed by atoms with Crippen molar-refractivity contribution < 1.29 is 17.9 Å². The second-order valence-corrected chi connectivity index (χ2v) is 3.72. The van der Waals surface area contributed by atoms with Gasteiger partial charge in [-0.3, -0.25) is 0 Å². The molecule has 0 aliphatic carbocycles. The molecule has 0 unspecified atom stereocenters. The summed E-state index contributed by atoms with van der Waals surface area (Å²) < 4.78 is 39.2. The molecule has 0 aromatic heterocycles. The van der Waals surface area contributed by atoms with Gasteiger partial charge < -0.3 is 4.74 Å². The van der Waals surface area contributed by atoms with Crippen molar-refractivity contribution in [2.75, 3.05) is 6.61 Å². The standard InChI is InChI=1S/C8H13F3O/c1-7(2,3)6-12-5-4-8(9,10)11/h4-5H,6H2,1-3H3/b5-4+. The van der Waals surface area contributed by atoms with Gasteiger partial charge in [-0.2, -0.15) is 13.2 Å². The monoisotopic (exact) mass is 182 g/mol. The van der Waals surface area contributed by atoms with Gasteiger partial charge in [-0.25, -0.2) is 0 Å². The molecule has 0 saturated heterocycles. The van der Waals surface area contributed by atoms with Crippen LogP contribution in [0, 0.1) is 5.41 Å². The summed E-state index contributed by atoms with van der Waals surface area (Å²) in [5.74, 6) is 0. The normalized spacial score (nSPS) is 13.8. The van der Waals surface area contributed by atoms with E-state index in [1.54, 1.807) is 0 Å². The molecule has 12 heavy (non-hydrogen) atoms. The molecule has 1 nitrogen and oxygen atoms in total. The van der Waals surface area contributed by atoms with E-state index in [4.69, 9.17) is 0 Å². The summed E-state index contributed by atoms with van der Waals surface area (Å²) in [6.07, 6.45) is -3.51. The molecule has 0 amide bonds. The Morgan fingerprint density at radius 3 is 2.00 bits per heavy atom. The minimum Gasteiger partial charge on any atom is -0.501 e. The molecule has 0 heterocycles. The molecule has 0 atom stereocenters. The Morgan fingerprint density at radius 2 is 1.67 bits per heavy atom. The van der Waals surface area contributed by atoms with Crippen LogP contribution >= 0.6 is 0 Å². The molecule has 0 aromatic rings. The lowest BCUT2D eigenvalue weighted by atomic mass is 9.99. The molecule has 0 N–H and O–H groups in total. The van der Waals surface area contributed by atoms with Crippen LogP contribution in [0.2, 0.25) is 0 Å². The SMILES string of the molecule is CC(C)(C)CO/C=C/C(F)(F)F. The van der Waals surface area contributed by atoms with E-state index < -0.39 is 6.18 Å². The molecule has 0 saturated carbocycles. The van der Waals surface area contributed by atoms with E-state index in [0.29, 0.717) is 6.26 Å². The minimum atomic E-state index is -4.28. The number of halogens is 3. The third kappa shape index (κ3) is 9.33. The smallest absolute Gasteiger partial charge is 0.412 e. The maximum absolute atomic E-state index is 11.5. The van der Waals surface area contributed by atoms with Crippen molar-refractivity contribution in [2.24, 2.45) is 5.41 Å². The predicted molar refractivity (Wildman–Crippen MR) is 40.6 cm³/mol. The minimum absolute atomic E-state index is 0.0821. The molecule has 0 fully saturated rings. The van der Waals surface area contributed by atoms with Crippen LogP contribution in [-0.2, 0) is 4.74 Å². The molecule has 4 heteroatoms. The first-order valence-electron chi connectivity index (χ1n) is 3.57. The molecule has 0 bridgehead atoms. The van der Waals surface area contributed by atoms with Gasteiger partial charge >= 0.3 is 6.18 Å². The maximum atomic E-state index is 11.5. The zero-order valence-electron chi connectivity index (χ0n) is 7.40. The summed E-state index contributed by atoms with van der Waals surface area (Å²) >= 11 is 0. The highest BCUT2D eigenvalue weighted by molar-refractivity contribution is 4.82. The van der Waals surface area contributed by atoms with E-state index in [9.17, 15) is 13.2 Å². The molecule has 0 radical (unpaired) electrons. The van der Waals surface area contributed by atoms with Crippen molar-refractivity contribution in [3.63, 3.8) is 0 Å². The van der Waals surface area contributed by atoms with E-state index in [0.717, 1.165) is 0 Å². The largest absolute Gasteiger partial charge is 0.501 e. The third-order valence-electron chi connectivity index (χ3n) is 0.870. The van der Waals surface area contributed by atoms with Gasteiger partial charge in [-0.05, 0) is 5.41 Å². The zero-order chi connectivity index (χ0) is 9.83. The Morgan fingerprint density at radius 1 is 1.17 bits per heavy atom. The van der Waals surface area contributed by atoms with E-state index in [2.05, 4.69) is 4.74 Å². The highest BCUT2D eigenvalue weighted by Gasteiger charge is 2.22. The number of hydrogen-bond acceptors (Lipinski definition) is 1. The van der Waals surface area contributed by atoms with Crippen LogP contribution in [0.25, 0.3) is 0 Å². The molecule has 0 aliphatic rings. The number of hydrogen-bond donors (Lipinski definition) is 0. The van der Waals surface area contributed by atoms with E-state index in [1.165, 1.54) is 0 Å². The number of alkyl halides is 3. The Kier molecular flexibility index (Phi) is 3.61. The quantitative estimate of drug-likeness (QED) is 0.596. The first-order chi connectivity index (χ1) is 5.21. The summed E-state index contributed by atoms with van der Waals surface area (Å²) in [5, 5.41) is 0. The van der Waals surface area contributed by atoms with Crippen molar-refractivity contribution >= 4 is 0 Å². The Balaban J connectivity index is 3.64. The Labute approximate surface area is 70.2 Å². The number of allylic oxidation sites excluding steroid dienone is 1. The Bertz CT molecular complexity index is 153. The van der Waals surface area contributed by atoms with Gasteiger partial charge in [0.15, 0.2) is 0 Å². The van der Waals surface area contributed by atoms with Gasteiger partial charge in [0.25, 0.3) is 0 Å². The Hall–Kier alpha value is -0.670. The fourth-order valence-corrected chi connectivity index (χ4v) is 0.423. The highest BCUT2D eigenvalue weighted by atomic mass is 19.4. The van der Waals surface area contributed by atoms with E-state index in [1.807, 2.05) is 20.8 Å². The molecule has 72 valence electrons. The van der Waals surface area contributed by atoms with Crippen LogP contribution in [0.4, 0.5) is 13.2 Å². The van der Waals surface area contributed by atoms with Gasteiger partial charge in [0.1, 0.15) is 0 Å². The highest BCUT2D eigenvalue weighted by Crippen LogP contribution is 2.17. The van der Waals surface area contributed by atoms with Crippen molar-refractivity contribution in [2.45, 2.75) is 26.9 Å². The number of ether oxygens (including phenoxy) is 1. The van der Waals surface area contributed by atoms with Crippen LogP contribution in [0.1, 0.15) is 20.8 Å². The van der Waals surface area contributed by atoms with Gasteiger partial charge in [0.05, 0.1) is 18.9 Å². The van der Waals surface area contributed by atoms with Gasteiger partial charge in [-0.1, -0.05) is 20.8 Å². The van der Waals surface area contributed by atoms with E-state index in [-0.39, 0.29) is 18.1 Å². The lowest BCUT2D eigenvalue weighted by Crippen LogP contribution is -2.12. The van der Waals surface area contributed by atoms with Gasteiger partial charge in [-0.15, -0.1) is 0 Å². The van der Waals surface area contributed by atoms with Crippen molar-refractivity contribution in [3.05, 3.63) is 12.3 Å². The van der Waals surface area contributed by atoms with Crippen LogP contribution in [0.15, 0.2) is 12.3 Å². The first kappa shape index (κ1) is 11.3. The van der Waals surface area contributed by atoms with Crippen LogP contribution < -0.4 is 0 Å². The summed E-state index contributed by atoms with van der Waals surface area (Å²) in [7, 11) is 0. The fourth-order valence-electron chi connectivity index (χ4n) is 0.423. The van der Waals surface area contributed by atoms with Crippen LogP contribution in [0.3, 0.4) is 0 Å². The number of rotatable bonds is 2. The first-order valence-corrected chi connectivity index (χ1v) is 3.57. The predicted octanol–water partition coefficient (Wildman–Crippen LogP) is 3.13. The third-order valence-corrected chi connectivity index (χ3v) is 0.870. The average molecular weight is 182 g/mol. The molecular formula is C8H13F3O. The van der Waals surface area contributed by atoms with Crippen LogP contribution in [0.5, 0.6) is 0 Å². The lowest BCUT2D eigenvalue weighted by Gasteiger charge is -2.16. The molecular weight excluding hydrogens is 169 g/mol. The summed E-state index contributed by atoms with van der Waals surface area (Å²) in [5.41, 5.74) is -0.115. The van der Waals surface area contributed by atoms with Gasteiger partial charge in [0, 0.05) is 0 Å². The van der Waals surface area contributed by atoms with Gasteiger partial charge in [0.2, 0.25) is 0 Å². The molecule has 0 spiro atoms. The fraction of sp³-hybridized carbons (Fsp3) is 0.750. The average Bonchev–Trinajstić information content (AvgIpc) is 1.76. The zero-order valence-corrected chi connectivity index (χ0v) is 7.40. The molecule has 0 rings (SSSR count). The van der Waals surface area contributed by atoms with Crippen molar-refractivity contribution in [3.8, 4) is 0 Å². The van der Waals surface area contributed by atoms with Crippen molar-refractivity contribution in [1.82, 2.24) is 0 Å². The van der Waals surface area contributed by atoms with Crippen LogP contribution in [-0.4, -0.2) is 12.8 Å². The maximum Gasteiger partial charge on any atom is 0.412 e.